The van der Waals surface area contributed by atoms with E-state index in [0.29, 0.717) is 0 Å². The van der Waals surface area contributed by atoms with Crippen LogP contribution in [0.15, 0.2) is 25.3 Å². The van der Waals surface area contributed by atoms with Crippen LogP contribution >= 0.6 is 0 Å². The third-order valence-electron chi connectivity index (χ3n) is 2.46. The maximum atomic E-state index is 11.5. The lowest BCUT2D eigenvalue weighted by Gasteiger charge is -2.13. The van der Waals surface area contributed by atoms with Gasteiger partial charge in [0.25, 0.3) is 0 Å². The molecule has 0 heterocycles. The summed E-state index contributed by atoms with van der Waals surface area (Å²) in [5, 5.41) is 0. The van der Waals surface area contributed by atoms with Gasteiger partial charge in [-0.1, -0.05) is 13.2 Å². The van der Waals surface area contributed by atoms with E-state index < -0.39 is 36.1 Å². The fraction of sp³-hybridized carbons (Fsp3) is 0.500. The predicted molar refractivity (Wildman–Crippen MR) is 82.7 cm³/mol. The number of carbonyl (C=O) groups excluding carboxylic acids is 4. The van der Waals surface area contributed by atoms with Gasteiger partial charge in [-0.2, -0.15) is 0 Å². The van der Waals surface area contributed by atoms with Crippen LogP contribution in [0.25, 0.3) is 0 Å². The van der Waals surface area contributed by atoms with E-state index in [-0.39, 0.29) is 26.1 Å². The Kier molecular flexibility index (Phi) is 10.6. The first kappa shape index (κ1) is 21.4. The summed E-state index contributed by atoms with van der Waals surface area (Å²) in [6, 6.07) is 0. The third kappa shape index (κ3) is 11.0. The van der Waals surface area contributed by atoms with Crippen molar-refractivity contribution in [2.75, 3.05) is 13.2 Å². The Morgan fingerprint density at radius 1 is 0.792 bits per heavy atom. The van der Waals surface area contributed by atoms with Crippen molar-refractivity contribution in [2.24, 2.45) is 0 Å². The first-order chi connectivity index (χ1) is 11.3. The van der Waals surface area contributed by atoms with Gasteiger partial charge in [0.1, 0.15) is 25.4 Å². The fourth-order valence-electron chi connectivity index (χ4n) is 1.33. The average molecular weight is 342 g/mol. The molecule has 134 valence electrons. The molecule has 0 aliphatic heterocycles. The van der Waals surface area contributed by atoms with Crippen LogP contribution in [-0.4, -0.2) is 49.3 Å². The summed E-state index contributed by atoms with van der Waals surface area (Å²) in [6.07, 6.45) is 0.408. The molecule has 2 atom stereocenters. The smallest absolute Gasteiger partial charge is 0.330 e. The highest BCUT2D eigenvalue weighted by Gasteiger charge is 2.14. The maximum absolute atomic E-state index is 11.5. The second-order valence-electron chi connectivity index (χ2n) is 4.77. The molecule has 0 aromatic rings. The van der Waals surface area contributed by atoms with Gasteiger partial charge >= 0.3 is 23.9 Å². The second kappa shape index (κ2) is 11.9. The fourth-order valence-corrected chi connectivity index (χ4v) is 1.33. The van der Waals surface area contributed by atoms with E-state index in [1.807, 2.05) is 0 Å². The van der Waals surface area contributed by atoms with Crippen LogP contribution in [0, 0.1) is 0 Å². The van der Waals surface area contributed by atoms with E-state index >= 15 is 0 Å². The maximum Gasteiger partial charge on any atom is 0.330 e. The molecule has 0 rings (SSSR count). The summed E-state index contributed by atoms with van der Waals surface area (Å²) < 4.78 is 19.3. The van der Waals surface area contributed by atoms with Crippen LogP contribution < -0.4 is 0 Å². The van der Waals surface area contributed by atoms with Crippen molar-refractivity contribution in [1.82, 2.24) is 0 Å². The number of ether oxygens (including phenoxy) is 4. The lowest BCUT2D eigenvalue weighted by atomic mass is 10.3. The van der Waals surface area contributed by atoms with Crippen LogP contribution in [0.1, 0.15) is 26.7 Å². The molecule has 0 aromatic carbocycles. The molecule has 0 spiro atoms. The van der Waals surface area contributed by atoms with E-state index in [4.69, 9.17) is 18.9 Å². The predicted octanol–water partition coefficient (Wildman–Crippen LogP) is 1.09. The Hall–Kier alpha value is -2.64. The molecule has 8 nitrogen and oxygen atoms in total. The minimum Gasteiger partial charge on any atom is -0.462 e. The number of carbonyl (C=O) groups is 4. The summed E-state index contributed by atoms with van der Waals surface area (Å²) in [6.45, 7) is 9.34. The Labute approximate surface area is 140 Å². The van der Waals surface area contributed by atoms with Gasteiger partial charge in [0.05, 0.1) is 12.8 Å². The zero-order chi connectivity index (χ0) is 18.5. The molecule has 0 N–H and O–H groups in total. The van der Waals surface area contributed by atoms with Crippen LogP contribution in [0.4, 0.5) is 0 Å². The van der Waals surface area contributed by atoms with Gasteiger partial charge in [0.15, 0.2) is 0 Å². The van der Waals surface area contributed by atoms with Crippen molar-refractivity contribution in [3.05, 3.63) is 25.3 Å². The second-order valence-corrected chi connectivity index (χ2v) is 4.77. The Morgan fingerprint density at radius 3 is 1.42 bits per heavy atom. The molecule has 24 heavy (non-hydrogen) atoms. The number of esters is 4. The molecule has 0 radical (unpaired) electrons. The zero-order valence-electron chi connectivity index (χ0n) is 13.8. The molecule has 0 aliphatic carbocycles. The largest absolute Gasteiger partial charge is 0.462 e. The van der Waals surface area contributed by atoms with E-state index in [9.17, 15) is 19.2 Å². The first-order valence-electron chi connectivity index (χ1n) is 7.25. The van der Waals surface area contributed by atoms with Crippen molar-refractivity contribution in [3.8, 4) is 0 Å². The molecule has 0 amide bonds. The minimum atomic E-state index is -0.625. The molecule has 2 unspecified atom stereocenters. The monoisotopic (exact) mass is 342 g/mol. The number of hydrogen-bond acceptors (Lipinski definition) is 8. The first-order valence-corrected chi connectivity index (χ1v) is 7.25. The molecule has 0 fully saturated rings. The van der Waals surface area contributed by atoms with Crippen LogP contribution in [0.3, 0.4) is 0 Å². The van der Waals surface area contributed by atoms with Gasteiger partial charge in [0.2, 0.25) is 0 Å². The summed E-state index contributed by atoms with van der Waals surface area (Å²) in [5.41, 5.74) is 0. The standard InChI is InChI=1S/C16H22O8/c1-5-13(17)23-11(3)9-21-15(19)7-8-16(20)22-10-12(4)24-14(18)6-2/h5-6,11-12H,1-2,7-10H2,3-4H3. The van der Waals surface area contributed by atoms with Crippen molar-refractivity contribution < 1.29 is 38.1 Å². The lowest BCUT2D eigenvalue weighted by molar-refractivity contribution is -0.158. The van der Waals surface area contributed by atoms with Crippen molar-refractivity contribution in [1.29, 1.82) is 0 Å². The topological polar surface area (TPSA) is 105 Å². The van der Waals surface area contributed by atoms with Crippen LogP contribution in [0.5, 0.6) is 0 Å². The molecule has 0 aromatic heterocycles. The normalized spacial score (nSPS) is 12.2. The Bertz CT molecular complexity index is 438. The van der Waals surface area contributed by atoms with E-state index in [2.05, 4.69) is 13.2 Å². The summed E-state index contributed by atoms with van der Waals surface area (Å²) in [4.78, 5) is 44.7. The molecular formula is C16H22O8. The Balaban J connectivity index is 3.87. The van der Waals surface area contributed by atoms with Gasteiger partial charge in [-0.25, -0.2) is 9.59 Å². The minimum absolute atomic E-state index is 0.123. The van der Waals surface area contributed by atoms with Crippen molar-refractivity contribution >= 4 is 23.9 Å². The summed E-state index contributed by atoms with van der Waals surface area (Å²) >= 11 is 0. The summed E-state index contributed by atoms with van der Waals surface area (Å²) in [5.74, 6) is -2.49. The van der Waals surface area contributed by atoms with Gasteiger partial charge in [0, 0.05) is 12.2 Å². The molecule has 0 aliphatic rings. The highest BCUT2D eigenvalue weighted by molar-refractivity contribution is 5.81. The van der Waals surface area contributed by atoms with Crippen molar-refractivity contribution in [3.63, 3.8) is 0 Å². The van der Waals surface area contributed by atoms with Crippen molar-refractivity contribution in [2.45, 2.75) is 38.9 Å². The van der Waals surface area contributed by atoms with E-state index in [1.54, 1.807) is 13.8 Å². The summed E-state index contributed by atoms with van der Waals surface area (Å²) in [7, 11) is 0. The van der Waals surface area contributed by atoms with Gasteiger partial charge in [-0.05, 0) is 13.8 Å². The van der Waals surface area contributed by atoms with E-state index in [0.717, 1.165) is 12.2 Å². The Morgan fingerprint density at radius 2 is 1.12 bits per heavy atom. The number of rotatable bonds is 11. The highest BCUT2D eigenvalue weighted by Crippen LogP contribution is 2.01. The molecule has 0 bridgehead atoms. The van der Waals surface area contributed by atoms with Crippen LogP contribution in [0.2, 0.25) is 0 Å². The highest BCUT2D eigenvalue weighted by atomic mass is 16.6. The van der Waals surface area contributed by atoms with Gasteiger partial charge in [-0.15, -0.1) is 0 Å². The van der Waals surface area contributed by atoms with Crippen LogP contribution in [-0.2, 0) is 38.1 Å². The zero-order valence-corrected chi connectivity index (χ0v) is 13.8. The quantitative estimate of drug-likeness (QED) is 0.312. The SMILES string of the molecule is C=CC(=O)OC(C)COC(=O)CCC(=O)OCC(C)OC(=O)C=C. The third-order valence-corrected chi connectivity index (χ3v) is 2.46. The van der Waals surface area contributed by atoms with E-state index in [1.165, 1.54) is 0 Å². The molecule has 8 heteroatoms. The lowest BCUT2D eigenvalue weighted by Crippen LogP contribution is -2.23. The molecule has 0 saturated heterocycles. The average Bonchev–Trinajstić information content (AvgIpc) is 2.55. The van der Waals surface area contributed by atoms with Gasteiger partial charge in [-0.3, -0.25) is 9.59 Å². The molecular weight excluding hydrogens is 320 g/mol. The number of hydrogen-bond donors (Lipinski definition) is 0. The van der Waals surface area contributed by atoms with Gasteiger partial charge < -0.3 is 18.9 Å². The molecule has 0 saturated carbocycles.